The Morgan fingerprint density at radius 2 is 1.65 bits per heavy atom. The average molecular weight is 360 g/mol. The fourth-order valence-corrected chi connectivity index (χ4v) is 2.31. The Kier molecular flexibility index (Phi) is 5.34. The maximum atomic E-state index is 12.6. The molecule has 0 saturated heterocycles. The number of hydrogen-bond acceptors (Lipinski definition) is 1. The van der Waals surface area contributed by atoms with Crippen LogP contribution in [-0.4, -0.2) is 5.91 Å². The van der Waals surface area contributed by atoms with E-state index in [9.17, 15) is 18.0 Å². The molecule has 0 aromatic heterocycles. The van der Waals surface area contributed by atoms with Crippen LogP contribution in [-0.2, 0) is 11.0 Å². The third-order valence-corrected chi connectivity index (χ3v) is 3.52. The molecule has 0 aliphatic carbocycles. The molecule has 0 bridgehead atoms. The Labute approximate surface area is 140 Å². The first-order valence-corrected chi connectivity index (χ1v) is 7.13. The lowest BCUT2D eigenvalue weighted by molar-refractivity contribution is -0.137. The van der Waals surface area contributed by atoms with Crippen molar-refractivity contribution in [3.63, 3.8) is 0 Å². The van der Waals surface area contributed by atoms with Gasteiger partial charge in [0.15, 0.2) is 0 Å². The molecule has 2 rings (SSSR count). The van der Waals surface area contributed by atoms with Gasteiger partial charge in [-0.2, -0.15) is 13.2 Å². The molecule has 23 heavy (non-hydrogen) atoms. The summed E-state index contributed by atoms with van der Waals surface area (Å²) in [7, 11) is 0. The molecule has 2 aromatic rings. The van der Waals surface area contributed by atoms with E-state index in [1.54, 1.807) is 18.2 Å². The van der Waals surface area contributed by atoms with Crippen molar-refractivity contribution in [1.82, 2.24) is 0 Å². The average Bonchev–Trinajstić information content (AvgIpc) is 2.46. The number of amides is 1. The molecule has 0 aliphatic heterocycles. The standard InChI is InChI=1S/C16H10Cl2F3NO/c17-13-5-2-6-14(18)12(13)7-8-15(23)22-11-4-1-3-10(9-11)16(19,20)21/h1-9H,(H,22,23)/b8-7+. The van der Waals surface area contributed by atoms with Crippen LogP contribution in [0.25, 0.3) is 6.08 Å². The van der Waals surface area contributed by atoms with Gasteiger partial charge in [-0.25, -0.2) is 0 Å². The van der Waals surface area contributed by atoms with Crippen molar-refractivity contribution in [1.29, 1.82) is 0 Å². The molecule has 1 N–H and O–H groups in total. The molecule has 0 heterocycles. The monoisotopic (exact) mass is 359 g/mol. The summed E-state index contributed by atoms with van der Waals surface area (Å²) in [5.41, 5.74) is -0.344. The van der Waals surface area contributed by atoms with Crippen molar-refractivity contribution in [2.24, 2.45) is 0 Å². The summed E-state index contributed by atoms with van der Waals surface area (Å²) in [4.78, 5) is 11.8. The molecule has 1 amide bonds. The molecular weight excluding hydrogens is 350 g/mol. The van der Waals surface area contributed by atoms with Gasteiger partial charge in [-0.3, -0.25) is 4.79 Å². The molecule has 7 heteroatoms. The van der Waals surface area contributed by atoms with E-state index in [0.29, 0.717) is 15.6 Å². The van der Waals surface area contributed by atoms with E-state index in [0.717, 1.165) is 18.2 Å². The summed E-state index contributed by atoms with van der Waals surface area (Å²) < 4.78 is 37.8. The molecule has 0 atom stereocenters. The molecule has 2 nitrogen and oxygen atoms in total. The highest BCUT2D eigenvalue weighted by Crippen LogP contribution is 2.30. The second-order valence-electron chi connectivity index (χ2n) is 4.54. The second kappa shape index (κ2) is 7.06. The number of nitrogens with one attached hydrogen (secondary N) is 1. The van der Waals surface area contributed by atoms with E-state index in [4.69, 9.17) is 23.2 Å². The lowest BCUT2D eigenvalue weighted by Crippen LogP contribution is -2.10. The number of alkyl halides is 3. The van der Waals surface area contributed by atoms with Crippen LogP contribution < -0.4 is 5.32 Å². The number of carbonyl (C=O) groups is 1. The zero-order valence-corrected chi connectivity index (χ0v) is 13.0. The van der Waals surface area contributed by atoms with Crippen molar-refractivity contribution < 1.29 is 18.0 Å². The molecule has 0 saturated carbocycles. The predicted molar refractivity (Wildman–Crippen MR) is 85.6 cm³/mol. The van der Waals surface area contributed by atoms with Crippen LogP contribution in [0.4, 0.5) is 18.9 Å². The second-order valence-corrected chi connectivity index (χ2v) is 5.35. The SMILES string of the molecule is O=C(/C=C/c1c(Cl)cccc1Cl)Nc1cccc(C(F)(F)F)c1. The minimum atomic E-state index is -4.47. The van der Waals surface area contributed by atoms with Crippen LogP contribution in [0, 0.1) is 0 Å². The molecule has 0 aliphatic rings. The van der Waals surface area contributed by atoms with Gasteiger partial charge < -0.3 is 5.32 Å². The van der Waals surface area contributed by atoms with Gasteiger partial charge in [-0.05, 0) is 36.4 Å². The summed E-state index contributed by atoms with van der Waals surface area (Å²) in [6.45, 7) is 0. The molecule has 0 spiro atoms. The van der Waals surface area contributed by atoms with Crippen molar-refractivity contribution in [3.05, 3.63) is 69.7 Å². The molecular formula is C16H10Cl2F3NO. The molecule has 120 valence electrons. The van der Waals surface area contributed by atoms with E-state index in [-0.39, 0.29) is 5.69 Å². The minimum Gasteiger partial charge on any atom is -0.322 e. The Hall–Kier alpha value is -1.98. The summed E-state index contributed by atoms with van der Waals surface area (Å²) in [5.74, 6) is -0.597. The summed E-state index contributed by atoms with van der Waals surface area (Å²) in [6.07, 6.45) is -1.93. The van der Waals surface area contributed by atoms with E-state index in [2.05, 4.69) is 5.32 Å². The highest BCUT2D eigenvalue weighted by Gasteiger charge is 2.30. The first-order valence-electron chi connectivity index (χ1n) is 6.38. The third-order valence-electron chi connectivity index (χ3n) is 2.86. The first kappa shape index (κ1) is 17.4. The van der Waals surface area contributed by atoms with Crippen LogP contribution in [0.3, 0.4) is 0 Å². The van der Waals surface area contributed by atoms with E-state index >= 15 is 0 Å². The first-order chi connectivity index (χ1) is 10.8. The van der Waals surface area contributed by atoms with Crippen LogP contribution in [0.5, 0.6) is 0 Å². The Bertz CT molecular complexity index is 737. The maximum absolute atomic E-state index is 12.6. The van der Waals surface area contributed by atoms with Crippen LogP contribution in [0.1, 0.15) is 11.1 Å². The highest BCUT2D eigenvalue weighted by atomic mass is 35.5. The van der Waals surface area contributed by atoms with Crippen molar-refractivity contribution in [2.75, 3.05) is 5.32 Å². The highest BCUT2D eigenvalue weighted by molar-refractivity contribution is 6.37. The smallest absolute Gasteiger partial charge is 0.322 e. The normalized spacial score (nSPS) is 11.7. The van der Waals surface area contributed by atoms with Gasteiger partial charge in [0, 0.05) is 27.4 Å². The Morgan fingerprint density at radius 3 is 2.26 bits per heavy atom. The quantitative estimate of drug-likeness (QED) is 0.703. The number of hydrogen-bond donors (Lipinski definition) is 1. The van der Waals surface area contributed by atoms with Gasteiger partial charge in [-0.15, -0.1) is 0 Å². The van der Waals surface area contributed by atoms with E-state index < -0.39 is 17.6 Å². The summed E-state index contributed by atoms with van der Waals surface area (Å²) in [6, 6.07) is 9.24. The fourth-order valence-electron chi connectivity index (χ4n) is 1.79. The number of rotatable bonds is 3. The fraction of sp³-hybridized carbons (Fsp3) is 0.0625. The van der Waals surface area contributed by atoms with Crippen molar-refractivity contribution in [2.45, 2.75) is 6.18 Å². The largest absolute Gasteiger partial charge is 0.416 e. The minimum absolute atomic E-state index is 0.0414. The number of anilines is 1. The van der Waals surface area contributed by atoms with Gasteiger partial charge in [0.2, 0.25) is 5.91 Å². The zero-order valence-electron chi connectivity index (χ0n) is 11.5. The molecule has 0 radical (unpaired) electrons. The predicted octanol–water partition coefficient (Wildman–Crippen LogP) is 5.66. The Balaban J connectivity index is 2.13. The van der Waals surface area contributed by atoms with Gasteiger partial charge in [0.1, 0.15) is 0 Å². The van der Waals surface area contributed by atoms with Gasteiger partial charge >= 0.3 is 6.18 Å². The van der Waals surface area contributed by atoms with Crippen molar-refractivity contribution in [3.8, 4) is 0 Å². The number of benzene rings is 2. The number of carbonyl (C=O) groups excluding carboxylic acids is 1. The topological polar surface area (TPSA) is 29.1 Å². The van der Waals surface area contributed by atoms with E-state index in [1.165, 1.54) is 18.2 Å². The van der Waals surface area contributed by atoms with Gasteiger partial charge in [0.25, 0.3) is 0 Å². The van der Waals surface area contributed by atoms with Crippen LogP contribution >= 0.6 is 23.2 Å². The van der Waals surface area contributed by atoms with Gasteiger partial charge in [-0.1, -0.05) is 35.3 Å². The molecule has 2 aromatic carbocycles. The summed E-state index contributed by atoms with van der Waals surface area (Å²) >= 11 is 11.9. The summed E-state index contributed by atoms with van der Waals surface area (Å²) in [5, 5.41) is 3.08. The molecule has 0 unspecified atom stereocenters. The van der Waals surface area contributed by atoms with Crippen LogP contribution in [0.2, 0.25) is 10.0 Å². The number of halogens is 5. The van der Waals surface area contributed by atoms with Crippen LogP contribution in [0.15, 0.2) is 48.5 Å². The maximum Gasteiger partial charge on any atom is 0.416 e. The van der Waals surface area contributed by atoms with Gasteiger partial charge in [0.05, 0.1) is 5.56 Å². The zero-order chi connectivity index (χ0) is 17.0. The third kappa shape index (κ3) is 4.74. The lowest BCUT2D eigenvalue weighted by atomic mass is 10.2. The Morgan fingerprint density at radius 1 is 1.04 bits per heavy atom. The molecule has 0 fully saturated rings. The van der Waals surface area contributed by atoms with Crippen molar-refractivity contribution >= 4 is 40.9 Å². The lowest BCUT2D eigenvalue weighted by Gasteiger charge is -2.08. The van der Waals surface area contributed by atoms with E-state index in [1.807, 2.05) is 0 Å².